The molecule has 1 N–H and O–H groups in total. The number of hydrogen-bond donors (Lipinski definition) is 1. The first-order valence-corrected chi connectivity index (χ1v) is 9.83. The Balaban J connectivity index is 1.79. The molecule has 1 amide bonds. The van der Waals surface area contributed by atoms with Crippen LogP contribution < -0.4 is 0 Å². The van der Waals surface area contributed by atoms with Crippen LogP contribution in [0.5, 0.6) is 0 Å². The summed E-state index contributed by atoms with van der Waals surface area (Å²) in [7, 11) is -3.83. The van der Waals surface area contributed by atoms with Gasteiger partial charge in [0.25, 0.3) is 0 Å². The average Bonchev–Trinajstić information content (AvgIpc) is 3.06. The Morgan fingerprint density at radius 1 is 1.21 bits per heavy atom. The second kappa shape index (κ2) is 6.37. The van der Waals surface area contributed by atoms with Crippen LogP contribution >= 0.6 is 11.6 Å². The molecule has 1 heterocycles. The lowest BCUT2D eigenvalue weighted by atomic mass is 9.94. The summed E-state index contributed by atoms with van der Waals surface area (Å²) in [5.41, 5.74) is 0. The van der Waals surface area contributed by atoms with Gasteiger partial charge in [-0.05, 0) is 48.9 Å². The van der Waals surface area contributed by atoms with Gasteiger partial charge in [-0.3, -0.25) is 4.79 Å². The molecule has 3 unspecified atom stereocenters. The maximum atomic E-state index is 12.5. The molecule has 0 spiro atoms. The van der Waals surface area contributed by atoms with Crippen LogP contribution in [0.4, 0.5) is 0 Å². The maximum absolute atomic E-state index is 12.5. The van der Waals surface area contributed by atoms with Gasteiger partial charge in [-0.2, -0.15) is 0 Å². The number of carboxylic acids is 1. The highest BCUT2D eigenvalue weighted by Gasteiger charge is 2.49. The molecular weight excluding hydrogens is 354 g/mol. The van der Waals surface area contributed by atoms with Gasteiger partial charge in [-0.1, -0.05) is 18.0 Å². The van der Waals surface area contributed by atoms with Crippen LogP contribution in [-0.2, 0) is 19.4 Å². The van der Waals surface area contributed by atoms with E-state index in [0.717, 1.165) is 19.3 Å². The van der Waals surface area contributed by atoms with Gasteiger partial charge < -0.3 is 10.0 Å². The molecule has 6 nitrogen and oxygen atoms in total. The number of aliphatic carboxylic acids is 1. The number of rotatable bonds is 4. The van der Waals surface area contributed by atoms with Crippen LogP contribution in [0.25, 0.3) is 0 Å². The standard InChI is InChI=1S/C16H18ClNO5S/c17-11-4-6-12(7-5-11)24(22,23)9-14(19)18-8-10-2-1-3-13(10)15(18)16(20)21/h4-7,10,13,15H,1-3,8-9H2,(H,20,21). The smallest absolute Gasteiger partial charge is 0.326 e. The Labute approximate surface area is 145 Å². The van der Waals surface area contributed by atoms with Crippen LogP contribution in [-0.4, -0.2) is 48.6 Å². The molecule has 8 heteroatoms. The van der Waals surface area contributed by atoms with Crippen molar-refractivity contribution in [2.45, 2.75) is 30.2 Å². The monoisotopic (exact) mass is 371 g/mol. The summed E-state index contributed by atoms with van der Waals surface area (Å²) in [4.78, 5) is 25.3. The second-order valence-electron chi connectivity index (χ2n) is 6.40. The van der Waals surface area contributed by atoms with Crippen molar-refractivity contribution < 1.29 is 23.1 Å². The van der Waals surface area contributed by atoms with Gasteiger partial charge in [-0.15, -0.1) is 0 Å². The fraction of sp³-hybridized carbons (Fsp3) is 0.500. The quantitative estimate of drug-likeness (QED) is 0.871. The zero-order valence-electron chi connectivity index (χ0n) is 12.9. The maximum Gasteiger partial charge on any atom is 0.326 e. The third-order valence-electron chi connectivity index (χ3n) is 4.95. The highest BCUT2D eigenvalue weighted by atomic mass is 35.5. The molecule has 1 saturated carbocycles. The lowest BCUT2D eigenvalue weighted by Crippen LogP contribution is -2.45. The number of carbonyl (C=O) groups is 2. The summed E-state index contributed by atoms with van der Waals surface area (Å²) in [6.45, 7) is 0.330. The van der Waals surface area contributed by atoms with Crippen molar-refractivity contribution in [2.75, 3.05) is 12.3 Å². The lowest BCUT2D eigenvalue weighted by Gasteiger charge is -2.24. The first-order chi connectivity index (χ1) is 11.3. The van der Waals surface area contributed by atoms with Gasteiger partial charge in [0.05, 0.1) is 4.90 Å². The van der Waals surface area contributed by atoms with Crippen molar-refractivity contribution in [1.82, 2.24) is 4.90 Å². The van der Waals surface area contributed by atoms with Gasteiger partial charge in [0, 0.05) is 11.6 Å². The van der Waals surface area contributed by atoms with Gasteiger partial charge in [0.2, 0.25) is 5.91 Å². The summed E-state index contributed by atoms with van der Waals surface area (Å²) in [6.07, 6.45) is 2.63. The van der Waals surface area contributed by atoms with Crippen molar-refractivity contribution in [3.05, 3.63) is 29.3 Å². The van der Waals surface area contributed by atoms with Crippen LogP contribution in [0, 0.1) is 11.8 Å². The number of benzene rings is 1. The normalized spacial score (nSPS) is 26.4. The molecule has 1 aromatic rings. The second-order valence-corrected chi connectivity index (χ2v) is 8.82. The highest BCUT2D eigenvalue weighted by Crippen LogP contribution is 2.42. The Bertz CT molecular complexity index is 761. The molecule has 0 bridgehead atoms. The molecule has 1 aliphatic heterocycles. The van der Waals surface area contributed by atoms with E-state index in [1.807, 2.05) is 0 Å². The largest absolute Gasteiger partial charge is 0.480 e. The number of carboxylic acid groups (broad SMARTS) is 1. The minimum Gasteiger partial charge on any atom is -0.480 e. The van der Waals surface area contributed by atoms with Crippen LogP contribution in [0.15, 0.2) is 29.2 Å². The molecule has 3 atom stereocenters. The number of fused-ring (bicyclic) bond motifs is 1. The predicted molar refractivity (Wildman–Crippen MR) is 87.5 cm³/mol. The molecule has 1 aromatic carbocycles. The minimum absolute atomic E-state index is 0.00603. The van der Waals surface area contributed by atoms with Crippen molar-refractivity contribution in [3.63, 3.8) is 0 Å². The third kappa shape index (κ3) is 3.15. The topological polar surface area (TPSA) is 91.8 Å². The van der Waals surface area contributed by atoms with E-state index in [4.69, 9.17) is 11.6 Å². The zero-order chi connectivity index (χ0) is 17.5. The van der Waals surface area contributed by atoms with Crippen LogP contribution in [0.3, 0.4) is 0 Å². The van der Waals surface area contributed by atoms with Gasteiger partial charge in [0.15, 0.2) is 9.84 Å². The molecule has 0 radical (unpaired) electrons. The number of halogens is 1. The van der Waals surface area contributed by atoms with Crippen molar-refractivity contribution in [3.8, 4) is 0 Å². The Morgan fingerprint density at radius 3 is 2.50 bits per heavy atom. The highest BCUT2D eigenvalue weighted by molar-refractivity contribution is 7.92. The molecule has 1 saturated heterocycles. The van der Waals surface area contributed by atoms with E-state index in [1.165, 1.54) is 29.2 Å². The molecule has 0 aromatic heterocycles. The molecule has 2 aliphatic rings. The fourth-order valence-electron chi connectivity index (χ4n) is 3.85. The number of amides is 1. The number of hydrogen-bond acceptors (Lipinski definition) is 4. The number of likely N-dealkylation sites (tertiary alicyclic amines) is 1. The van der Waals surface area contributed by atoms with Gasteiger partial charge in [-0.25, -0.2) is 13.2 Å². The summed E-state index contributed by atoms with van der Waals surface area (Å²) in [5.74, 6) is -2.33. The molecular formula is C16H18ClNO5S. The third-order valence-corrected chi connectivity index (χ3v) is 6.82. The molecule has 130 valence electrons. The van der Waals surface area contributed by atoms with Gasteiger partial charge in [0.1, 0.15) is 11.8 Å². The first-order valence-electron chi connectivity index (χ1n) is 7.80. The van der Waals surface area contributed by atoms with E-state index in [0.29, 0.717) is 11.6 Å². The summed E-state index contributed by atoms with van der Waals surface area (Å²) >= 11 is 5.74. The van der Waals surface area contributed by atoms with E-state index < -0.39 is 33.5 Å². The summed E-state index contributed by atoms with van der Waals surface area (Å²) in [5, 5.41) is 9.87. The molecule has 3 rings (SSSR count). The Morgan fingerprint density at radius 2 is 1.88 bits per heavy atom. The predicted octanol–water partition coefficient (Wildman–Crippen LogP) is 1.83. The average molecular weight is 372 g/mol. The fourth-order valence-corrected chi connectivity index (χ4v) is 5.18. The van der Waals surface area contributed by atoms with Crippen molar-refractivity contribution in [1.29, 1.82) is 0 Å². The summed E-state index contributed by atoms with van der Waals surface area (Å²) < 4.78 is 24.8. The van der Waals surface area contributed by atoms with E-state index in [2.05, 4.69) is 0 Å². The van der Waals surface area contributed by atoms with Gasteiger partial charge >= 0.3 is 5.97 Å². The number of sulfone groups is 1. The zero-order valence-corrected chi connectivity index (χ0v) is 14.5. The van der Waals surface area contributed by atoms with E-state index >= 15 is 0 Å². The lowest BCUT2D eigenvalue weighted by molar-refractivity contribution is -0.148. The molecule has 24 heavy (non-hydrogen) atoms. The molecule has 2 fully saturated rings. The first kappa shape index (κ1) is 17.2. The van der Waals surface area contributed by atoms with Crippen LogP contribution in [0.2, 0.25) is 5.02 Å². The Kier molecular flexibility index (Phi) is 4.57. The molecule has 1 aliphatic carbocycles. The number of nitrogens with zero attached hydrogens (tertiary/aromatic N) is 1. The van der Waals surface area contributed by atoms with E-state index in [-0.39, 0.29) is 16.7 Å². The summed E-state index contributed by atoms with van der Waals surface area (Å²) in [6, 6.07) is 4.67. The SMILES string of the molecule is O=C(O)C1C2CCCC2CN1C(=O)CS(=O)(=O)c1ccc(Cl)cc1. The van der Waals surface area contributed by atoms with E-state index in [9.17, 15) is 23.1 Å². The minimum atomic E-state index is -3.83. The van der Waals surface area contributed by atoms with Crippen LogP contribution in [0.1, 0.15) is 19.3 Å². The van der Waals surface area contributed by atoms with Crippen molar-refractivity contribution >= 4 is 33.3 Å². The van der Waals surface area contributed by atoms with E-state index in [1.54, 1.807) is 0 Å². The van der Waals surface area contributed by atoms with Crippen molar-refractivity contribution in [2.24, 2.45) is 11.8 Å². The Hall–Kier alpha value is -1.60. The number of carbonyl (C=O) groups excluding carboxylic acids is 1.